The van der Waals surface area contributed by atoms with E-state index in [-0.39, 0.29) is 0 Å². The first kappa shape index (κ1) is 11.4. The molecule has 17 heavy (non-hydrogen) atoms. The Morgan fingerprint density at radius 2 is 2.35 bits per heavy atom. The van der Waals surface area contributed by atoms with Crippen LogP contribution in [0.4, 0.5) is 0 Å². The second-order valence-corrected chi connectivity index (χ2v) is 4.08. The normalized spacial score (nSPS) is 12.8. The SMILES string of the molecule is [O-][N+](/C=C(\NO)c1cccs1)=C\c1ccco1. The van der Waals surface area contributed by atoms with E-state index < -0.39 is 0 Å². The van der Waals surface area contributed by atoms with Gasteiger partial charge in [0.2, 0.25) is 12.4 Å². The summed E-state index contributed by atoms with van der Waals surface area (Å²) in [5.41, 5.74) is 2.33. The minimum atomic E-state index is 0.331. The van der Waals surface area contributed by atoms with Crippen LogP contribution in [0.5, 0.6) is 0 Å². The average Bonchev–Trinajstić information content (AvgIpc) is 2.97. The Hall–Kier alpha value is -2.05. The van der Waals surface area contributed by atoms with E-state index in [1.54, 1.807) is 18.2 Å². The Balaban J connectivity index is 2.22. The fraction of sp³-hybridized carbons (Fsp3) is 0. The molecule has 0 aromatic carbocycles. The third-order valence-corrected chi connectivity index (χ3v) is 2.86. The van der Waals surface area contributed by atoms with Crippen LogP contribution in [0.3, 0.4) is 0 Å². The van der Waals surface area contributed by atoms with Crippen molar-refractivity contribution >= 4 is 23.2 Å². The molecule has 0 aliphatic heterocycles. The smallest absolute Gasteiger partial charge is 0.223 e. The topological polar surface area (TPSA) is 71.5 Å². The summed E-state index contributed by atoms with van der Waals surface area (Å²) >= 11 is 1.41. The molecule has 2 N–H and O–H groups in total. The first-order chi connectivity index (χ1) is 8.29. The largest absolute Gasteiger partial charge is 0.619 e. The van der Waals surface area contributed by atoms with E-state index in [1.807, 2.05) is 16.9 Å². The predicted octanol–water partition coefficient (Wildman–Crippen LogP) is 2.25. The molecular formula is C11H10N2O3S. The fourth-order valence-corrected chi connectivity index (χ4v) is 1.92. The van der Waals surface area contributed by atoms with Crippen LogP contribution in [-0.4, -0.2) is 16.2 Å². The van der Waals surface area contributed by atoms with E-state index in [0.717, 1.165) is 4.88 Å². The lowest BCUT2D eigenvalue weighted by Crippen LogP contribution is -2.08. The standard InChI is InChI=1S/C11H10N2O3S/c14-12-10(11-4-2-6-17-11)8-13(15)7-9-3-1-5-16-9/h1-8,12,14H/b10-8-,13-7-. The first-order valence-electron chi connectivity index (χ1n) is 4.79. The van der Waals surface area contributed by atoms with Gasteiger partial charge in [0.05, 0.1) is 11.1 Å². The lowest BCUT2D eigenvalue weighted by molar-refractivity contribution is -0.372. The highest BCUT2D eigenvalue weighted by Crippen LogP contribution is 2.17. The lowest BCUT2D eigenvalue weighted by Gasteiger charge is -2.01. The molecule has 0 aliphatic carbocycles. The molecular weight excluding hydrogens is 240 g/mol. The minimum Gasteiger partial charge on any atom is -0.619 e. The van der Waals surface area contributed by atoms with Gasteiger partial charge in [-0.05, 0) is 23.6 Å². The maximum Gasteiger partial charge on any atom is 0.223 e. The molecule has 0 atom stereocenters. The van der Waals surface area contributed by atoms with Crippen molar-refractivity contribution in [2.45, 2.75) is 0 Å². The van der Waals surface area contributed by atoms with E-state index in [2.05, 4.69) is 0 Å². The Bertz CT molecular complexity index is 515. The Labute approximate surface area is 101 Å². The third kappa shape index (κ3) is 2.96. The number of hydrogen-bond donors (Lipinski definition) is 2. The molecule has 2 aromatic rings. The molecule has 88 valence electrons. The average molecular weight is 250 g/mol. The number of nitrogens with zero attached hydrogens (tertiary/aromatic N) is 1. The maximum atomic E-state index is 11.6. The molecule has 2 heterocycles. The summed E-state index contributed by atoms with van der Waals surface area (Å²) in [6.07, 6.45) is 3.98. The van der Waals surface area contributed by atoms with Crippen molar-refractivity contribution in [3.8, 4) is 0 Å². The number of thiophene rings is 1. The van der Waals surface area contributed by atoms with Gasteiger partial charge in [0.1, 0.15) is 5.70 Å². The molecule has 6 heteroatoms. The van der Waals surface area contributed by atoms with Gasteiger partial charge in [0, 0.05) is 0 Å². The molecule has 0 unspecified atom stereocenters. The zero-order chi connectivity index (χ0) is 12.1. The van der Waals surface area contributed by atoms with Crippen molar-refractivity contribution in [2.24, 2.45) is 0 Å². The second kappa shape index (κ2) is 5.33. The van der Waals surface area contributed by atoms with Crippen LogP contribution in [0.1, 0.15) is 10.6 Å². The minimum absolute atomic E-state index is 0.331. The maximum absolute atomic E-state index is 11.6. The number of rotatable bonds is 4. The summed E-state index contributed by atoms with van der Waals surface area (Å²) in [4.78, 5) is 0.765. The van der Waals surface area contributed by atoms with Crippen molar-refractivity contribution in [1.29, 1.82) is 0 Å². The van der Waals surface area contributed by atoms with Gasteiger partial charge in [-0.25, -0.2) is 0 Å². The molecule has 5 nitrogen and oxygen atoms in total. The number of hydrogen-bond acceptors (Lipinski definition) is 5. The molecule has 0 saturated heterocycles. The van der Waals surface area contributed by atoms with E-state index in [1.165, 1.54) is 30.0 Å². The van der Waals surface area contributed by atoms with Gasteiger partial charge in [-0.15, -0.1) is 11.3 Å². The molecule has 0 spiro atoms. The first-order valence-corrected chi connectivity index (χ1v) is 5.67. The molecule has 0 aliphatic rings. The summed E-state index contributed by atoms with van der Waals surface area (Å²) in [5.74, 6) is 0.444. The zero-order valence-corrected chi connectivity index (χ0v) is 9.55. The van der Waals surface area contributed by atoms with Crippen molar-refractivity contribution < 1.29 is 14.4 Å². The molecule has 0 fully saturated rings. The van der Waals surface area contributed by atoms with Crippen LogP contribution < -0.4 is 5.48 Å². The van der Waals surface area contributed by atoms with Gasteiger partial charge in [-0.2, -0.15) is 4.74 Å². The Morgan fingerprint density at radius 1 is 1.47 bits per heavy atom. The van der Waals surface area contributed by atoms with E-state index >= 15 is 0 Å². The van der Waals surface area contributed by atoms with E-state index in [9.17, 15) is 5.21 Å². The van der Waals surface area contributed by atoms with Gasteiger partial charge in [0.25, 0.3) is 0 Å². The molecule has 2 aromatic heterocycles. The number of furan rings is 1. The summed E-state index contributed by atoms with van der Waals surface area (Å²) in [6.45, 7) is 0. The molecule has 0 radical (unpaired) electrons. The van der Waals surface area contributed by atoms with Crippen LogP contribution in [0.25, 0.3) is 5.70 Å². The molecule has 0 bridgehead atoms. The highest BCUT2D eigenvalue weighted by atomic mass is 32.1. The van der Waals surface area contributed by atoms with Crippen LogP contribution in [-0.2, 0) is 0 Å². The van der Waals surface area contributed by atoms with Crippen LogP contribution >= 0.6 is 11.3 Å². The quantitative estimate of drug-likeness (QED) is 0.378. The fourth-order valence-electron chi connectivity index (χ4n) is 1.23. The number of nitrogens with one attached hydrogen (secondary N) is 1. The number of hydroxylamine groups is 2. The molecule has 0 saturated carbocycles. The van der Waals surface area contributed by atoms with Gasteiger partial charge in [-0.3, -0.25) is 10.7 Å². The second-order valence-electron chi connectivity index (χ2n) is 3.14. The monoisotopic (exact) mass is 250 g/mol. The summed E-state index contributed by atoms with van der Waals surface area (Å²) in [6, 6.07) is 6.97. The van der Waals surface area contributed by atoms with Crippen LogP contribution in [0.15, 0.2) is 46.5 Å². The summed E-state index contributed by atoms with van der Waals surface area (Å²) in [7, 11) is 0. The third-order valence-electron chi connectivity index (χ3n) is 1.96. The summed E-state index contributed by atoms with van der Waals surface area (Å²) < 4.78 is 5.57. The highest BCUT2D eigenvalue weighted by molar-refractivity contribution is 7.11. The lowest BCUT2D eigenvalue weighted by atomic mass is 10.4. The molecule has 2 rings (SSSR count). The van der Waals surface area contributed by atoms with Gasteiger partial charge in [0.15, 0.2) is 5.76 Å². The van der Waals surface area contributed by atoms with Crippen LogP contribution in [0.2, 0.25) is 0 Å². The zero-order valence-electron chi connectivity index (χ0n) is 8.74. The van der Waals surface area contributed by atoms with Gasteiger partial charge < -0.3 is 9.62 Å². The predicted molar refractivity (Wildman–Crippen MR) is 64.7 cm³/mol. The summed E-state index contributed by atoms with van der Waals surface area (Å²) in [5, 5.41) is 22.4. The van der Waals surface area contributed by atoms with E-state index in [4.69, 9.17) is 9.62 Å². The van der Waals surface area contributed by atoms with Crippen molar-refractivity contribution in [1.82, 2.24) is 5.48 Å². The highest BCUT2D eigenvalue weighted by Gasteiger charge is 2.05. The van der Waals surface area contributed by atoms with Crippen LogP contribution in [0, 0.1) is 5.21 Å². The van der Waals surface area contributed by atoms with E-state index in [0.29, 0.717) is 16.2 Å². The molecule has 0 amide bonds. The van der Waals surface area contributed by atoms with Gasteiger partial charge >= 0.3 is 0 Å². The van der Waals surface area contributed by atoms with Gasteiger partial charge in [-0.1, -0.05) is 6.07 Å². The van der Waals surface area contributed by atoms with Crippen molar-refractivity contribution in [2.75, 3.05) is 0 Å². The van der Waals surface area contributed by atoms with Crippen molar-refractivity contribution in [3.05, 3.63) is 58.0 Å². The Morgan fingerprint density at radius 3 is 2.94 bits per heavy atom. The Kier molecular flexibility index (Phi) is 3.59. The van der Waals surface area contributed by atoms with Crippen molar-refractivity contribution in [3.63, 3.8) is 0 Å².